The van der Waals surface area contributed by atoms with Gasteiger partial charge in [-0.2, -0.15) is 0 Å². The van der Waals surface area contributed by atoms with E-state index in [0.717, 1.165) is 22.4 Å². The Labute approximate surface area is 136 Å². The van der Waals surface area contributed by atoms with Crippen molar-refractivity contribution in [1.29, 1.82) is 0 Å². The van der Waals surface area contributed by atoms with E-state index in [2.05, 4.69) is 12.1 Å². The largest absolute Gasteiger partial charge is 0.495 e. The van der Waals surface area contributed by atoms with Gasteiger partial charge < -0.3 is 15.2 Å². The Balaban J connectivity index is 1.88. The highest BCUT2D eigenvalue weighted by Gasteiger charge is 2.09. The van der Waals surface area contributed by atoms with Gasteiger partial charge >= 0.3 is 0 Å². The molecule has 0 amide bonds. The van der Waals surface area contributed by atoms with E-state index in [1.165, 1.54) is 0 Å². The van der Waals surface area contributed by atoms with Gasteiger partial charge in [0.25, 0.3) is 0 Å². The van der Waals surface area contributed by atoms with Gasteiger partial charge in [-0.25, -0.2) is 0 Å². The lowest BCUT2D eigenvalue weighted by Crippen LogP contribution is -1.97. The quantitative estimate of drug-likeness (QED) is 0.705. The third-order valence-electron chi connectivity index (χ3n) is 3.67. The molecule has 0 saturated carbocycles. The molecule has 3 aromatic carbocycles. The predicted molar refractivity (Wildman–Crippen MR) is 93.6 cm³/mol. The minimum absolute atomic E-state index is 0.532. The van der Waals surface area contributed by atoms with Crippen LogP contribution in [0.3, 0.4) is 0 Å². The predicted octanol–water partition coefficient (Wildman–Crippen LogP) is 4.52. The minimum atomic E-state index is 0.532. The van der Waals surface area contributed by atoms with E-state index in [1.54, 1.807) is 7.11 Å². The number of nitrogens with two attached hydrogens (primary N) is 1. The van der Waals surface area contributed by atoms with Crippen molar-refractivity contribution in [2.45, 2.75) is 6.61 Å². The average Bonchev–Trinajstić information content (AvgIpc) is 2.61. The van der Waals surface area contributed by atoms with Crippen molar-refractivity contribution in [3.63, 3.8) is 0 Å². The maximum atomic E-state index is 6.01. The van der Waals surface area contributed by atoms with E-state index in [0.29, 0.717) is 18.0 Å². The Bertz CT molecular complexity index is 785. The van der Waals surface area contributed by atoms with Crippen molar-refractivity contribution in [3.8, 4) is 22.6 Å². The highest BCUT2D eigenvalue weighted by Crippen LogP contribution is 2.34. The molecule has 0 bridgehead atoms. The zero-order valence-electron chi connectivity index (χ0n) is 13.0. The van der Waals surface area contributed by atoms with Crippen LogP contribution in [0.15, 0.2) is 72.8 Å². The monoisotopic (exact) mass is 305 g/mol. The number of benzene rings is 3. The standard InChI is InChI=1S/C20H19NO2/c1-22-20-13-16(11-12-18(20)21)17-9-5-6-10-19(17)23-14-15-7-3-2-4-8-15/h2-13H,14,21H2,1H3. The summed E-state index contributed by atoms with van der Waals surface area (Å²) in [6, 6.07) is 23.8. The fraction of sp³-hybridized carbons (Fsp3) is 0.100. The first-order chi connectivity index (χ1) is 11.3. The molecule has 0 unspecified atom stereocenters. The number of methoxy groups -OCH3 is 1. The number of hydrogen-bond acceptors (Lipinski definition) is 3. The highest BCUT2D eigenvalue weighted by atomic mass is 16.5. The van der Waals surface area contributed by atoms with Crippen LogP contribution in [-0.2, 0) is 6.61 Å². The van der Waals surface area contributed by atoms with Crippen LogP contribution in [0.4, 0.5) is 5.69 Å². The second-order valence-electron chi connectivity index (χ2n) is 5.23. The first-order valence-electron chi connectivity index (χ1n) is 7.47. The van der Waals surface area contributed by atoms with E-state index in [9.17, 15) is 0 Å². The van der Waals surface area contributed by atoms with Gasteiger partial charge in [-0.05, 0) is 29.3 Å². The molecule has 0 saturated heterocycles. The van der Waals surface area contributed by atoms with Crippen molar-refractivity contribution in [1.82, 2.24) is 0 Å². The smallest absolute Gasteiger partial charge is 0.142 e. The summed E-state index contributed by atoms with van der Waals surface area (Å²) in [5.41, 5.74) is 9.68. The van der Waals surface area contributed by atoms with Crippen LogP contribution < -0.4 is 15.2 Å². The lowest BCUT2D eigenvalue weighted by atomic mass is 10.0. The summed E-state index contributed by atoms with van der Waals surface area (Å²) in [5, 5.41) is 0. The van der Waals surface area contributed by atoms with Crippen LogP contribution in [0, 0.1) is 0 Å². The molecule has 0 aliphatic heterocycles. The van der Waals surface area contributed by atoms with Gasteiger partial charge in [0.15, 0.2) is 0 Å². The topological polar surface area (TPSA) is 44.5 Å². The first kappa shape index (κ1) is 15.0. The van der Waals surface area contributed by atoms with Gasteiger partial charge in [0.1, 0.15) is 18.1 Å². The highest BCUT2D eigenvalue weighted by molar-refractivity contribution is 5.74. The van der Waals surface area contributed by atoms with Crippen LogP contribution in [0.25, 0.3) is 11.1 Å². The van der Waals surface area contributed by atoms with Gasteiger partial charge in [-0.1, -0.05) is 54.6 Å². The van der Waals surface area contributed by atoms with Crippen molar-refractivity contribution < 1.29 is 9.47 Å². The Morgan fingerprint density at radius 1 is 0.826 bits per heavy atom. The van der Waals surface area contributed by atoms with E-state index in [1.807, 2.05) is 60.7 Å². The summed E-state index contributed by atoms with van der Waals surface area (Å²) < 4.78 is 11.3. The Morgan fingerprint density at radius 3 is 2.35 bits per heavy atom. The molecule has 0 atom stereocenters. The van der Waals surface area contributed by atoms with Crippen LogP contribution in [0.1, 0.15) is 5.56 Å². The number of nitrogen functional groups attached to an aromatic ring is 1. The maximum Gasteiger partial charge on any atom is 0.142 e. The molecule has 0 spiro atoms. The summed E-state index contributed by atoms with van der Waals surface area (Å²) in [5.74, 6) is 1.50. The summed E-state index contributed by atoms with van der Waals surface area (Å²) >= 11 is 0. The molecule has 0 fully saturated rings. The zero-order chi connectivity index (χ0) is 16.1. The molecule has 3 aromatic rings. The van der Waals surface area contributed by atoms with Crippen molar-refractivity contribution in [2.75, 3.05) is 12.8 Å². The SMILES string of the molecule is COc1cc(-c2ccccc2OCc2ccccc2)ccc1N. The summed E-state index contributed by atoms with van der Waals surface area (Å²) in [6.07, 6.45) is 0. The lowest BCUT2D eigenvalue weighted by molar-refractivity contribution is 0.307. The number of ether oxygens (including phenoxy) is 2. The Morgan fingerprint density at radius 2 is 1.57 bits per heavy atom. The van der Waals surface area contributed by atoms with E-state index in [4.69, 9.17) is 15.2 Å². The molecule has 2 N–H and O–H groups in total. The minimum Gasteiger partial charge on any atom is -0.495 e. The van der Waals surface area contributed by atoms with Crippen molar-refractivity contribution >= 4 is 5.69 Å². The second kappa shape index (κ2) is 6.88. The molecule has 0 radical (unpaired) electrons. The third kappa shape index (κ3) is 3.46. The average molecular weight is 305 g/mol. The molecule has 116 valence electrons. The van der Waals surface area contributed by atoms with Gasteiger partial charge in [0.2, 0.25) is 0 Å². The molecule has 0 aliphatic rings. The fourth-order valence-electron chi connectivity index (χ4n) is 2.44. The van der Waals surface area contributed by atoms with E-state index >= 15 is 0 Å². The molecule has 0 aliphatic carbocycles. The first-order valence-corrected chi connectivity index (χ1v) is 7.47. The van der Waals surface area contributed by atoms with Crippen molar-refractivity contribution in [3.05, 3.63) is 78.4 Å². The van der Waals surface area contributed by atoms with Gasteiger partial charge in [0, 0.05) is 5.56 Å². The number of para-hydroxylation sites is 1. The normalized spacial score (nSPS) is 10.3. The second-order valence-corrected chi connectivity index (χ2v) is 5.23. The molecule has 23 heavy (non-hydrogen) atoms. The zero-order valence-corrected chi connectivity index (χ0v) is 13.0. The molecule has 3 heteroatoms. The Kier molecular flexibility index (Phi) is 4.48. The number of hydrogen-bond donors (Lipinski definition) is 1. The van der Waals surface area contributed by atoms with Crippen LogP contribution >= 0.6 is 0 Å². The van der Waals surface area contributed by atoms with E-state index < -0.39 is 0 Å². The van der Waals surface area contributed by atoms with Gasteiger partial charge in [-0.3, -0.25) is 0 Å². The van der Waals surface area contributed by atoms with Gasteiger partial charge in [-0.15, -0.1) is 0 Å². The van der Waals surface area contributed by atoms with Crippen LogP contribution in [-0.4, -0.2) is 7.11 Å². The maximum absolute atomic E-state index is 6.01. The molecular weight excluding hydrogens is 286 g/mol. The summed E-state index contributed by atoms with van der Waals surface area (Å²) in [7, 11) is 1.62. The van der Waals surface area contributed by atoms with Crippen molar-refractivity contribution in [2.24, 2.45) is 0 Å². The molecular formula is C20H19NO2. The van der Waals surface area contributed by atoms with Crippen LogP contribution in [0.2, 0.25) is 0 Å². The van der Waals surface area contributed by atoms with E-state index in [-0.39, 0.29) is 0 Å². The molecule has 0 heterocycles. The fourth-order valence-corrected chi connectivity index (χ4v) is 2.44. The third-order valence-corrected chi connectivity index (χ3v) is 3.67. The number of rotatable bonds is 5. The molecule has 0 aromatic heterocycles. The van der Waals surface area contributed by atoms with Crippen LogP contribution in [0.5, 0.6) is 11.5 Å². The number of anilines is 1. The summed E-state index contributed by atoms with van der Waals surface area (Å²) in [6.45, 7) is 0.532. The van der Waals surface area contributed by atoms with Gasteiger partial charge in [0.05, 0.1) is 12.8 Å². The molecule has 3 rings (SSSR count). The molecule has 3 nitrogen and oxygen atoms in total. The summed E-state index contributed by atoms with van der Waals surface area (Å²) in [4.78, 5) is 0. The Hall–Kier alpha value is -2.94. The lowest BCUT2D eigenvalue weighted by Gasteiger charge is -2.13.